The fraction of sp³-hybridized carbons (Fsp3) is 0.611. The topological polar surface area (TPSA) is 80.2 Å². The second kappa shape index (κ2) is 7.18. The van der Waals surface area contributed by atoms with Crippen molar-refractivity contribution in [2.45, 2.75) is 45.1 Å². The van der Waals surface area contributed by atoms with E-state index in [1.54, 1.807) is 6.92 Å². The predicted octanol–water partition coefficient (Wildman–Crippen LogP) is 1.65. The molecule has 1 aromatic rings. The Hall–Kier alpha value is -2.13. The molecule has 1 saturated carbocycles. The van der Waals surface area contributed by atoms with Crippen LogP contribution < -0.4 is 5.56 Å². The van der Waals surface area contributed by atoms with Gasteiger partial charge in [-0.15, -0.1) is 0 Å². The number of carbonyl (C=O) groups excluding carboxylic acids is 1. The number of nitrogens with zero attached hydrogens (tertiary/aromatic N) is 3. The van der Waals surface area contributed by atoms with E-state index in [9.17, 15) is 9.59 Å². The number of rotatable bonds is 2. The van der Waals surface area contributed by atoms with Gasteiger partial charge in [-0.2, -0.15) is 5.26 Å². The maximum absolute atomic E-state index is 12.9. The highest BCUT2D eigenvalue weighted by atomic mass is 16.2. The van der Waals surface area contributed by atoms with Crippen molar-refractivity contribution in [1.29, 1.82) is 5.26 Å². The van der Waals surface area contributed by atoms with Gasteiger partial charge in [0.25, 0.3) is 11.5 Å². The van der Waals surface area contributed by atoms with Gasteiger partial charge in [-0.1, -0.05) is 12.8 Å². The number of pyridine rings is 1. The van der Waals surface area contributed by atoms with E-state index in [4.69, 9.17) is 5.26 Å². The summed E-state index contributed by atoms with van der Waals surface area (Å²) < 4.78 is 0. The maximum Gasteiger partial charge on any atom is 0.266 e. The quantitative estimate of drug-likeness (QED) is 0.895. The minimum absolute atomic E-state index is 0.0308. The minimum Gasteiger partial charge on any atom is -0.337 e. The molecule has 1 aromatic heterocycles. The normalized spacial score (nSPS) is 19.9. The standard InChI is InChI=1S/C18H24N4O2/c1-13-15(11-19)17(23)20-12-16(13)18(24)22-8-4-7-21(9-10-22)14-5-2-3-6-14/h12,14H,2-10H2,1H3,(H,20,23). The van der Waals surface area contributed by atoms with Crippen LogP contribution in [0.1, 0.15) is 53.6 Å². The number of aromatic nitrogens is 1. The molecule has 2 aliphatic rings. The number of H-pyrrole nitrogens is 1. The fourth-order valence-electron chi connectivity index (χ4n) is 3.93. The second-order valence-corrected chi connectivity index (χ2v) is 6.76. The molecule has 1 amide bonds. The average Bonchev–Trinajstić information content (AvgIpc) is 2.99. The van der Waals surface area contributed by atoms with Gasteiger partial charge in [-0.3, -0.25) is 14.5 Å². The zero-order chi connectivity index (χ0) is 17.1. The van der Waals surface area contributed by atoms with Gasteiger partial charge in [-0.25, -0.2) is 0 Å². The molecule has 3 rings (SSSR count). The first kappa shape index (κ1) is 16.7. The molecule has 24 heavy (non-hydrogen) atoms. The molecule has 0 bridgehead atoms. The average molecular weight is 328 g/mol. The van der Waals surface area contributed by atoms with Crippen LogP contribution in [-0.2, 0) is 0 Å². The molecular weight excluding hydrogens is 304 g/mol. The van der Waals surface area contributed by atoms with Crippen molar-refractivity contribution in [2.24, 2.45) is 0 Å². The number of aromatic amines is 1. The molecule has 1 N–H and O–H groups in total. The first-order chi connectivity index (χ1) is 11.6. The van der Waals surface area contributed by atoms with E-state index in [0.29, 0.717) is 23.7 Å². The molecule has 2 heterocycles. The highest BCUT2D eigenvalue weighted by Crippen LogP contribution is 2.24. The molecule has 0 aromatic carbocycles. The monoisotopic (exact) mass is 328 g/mol. The number of nitrogens with one attached hydrogen (secondary N) is 1. The molecule has 6 nitrogen and oxygen atoms in total. The van der Waals surface area contributed by atoms with Crippen LogP contribution in [0, 0.1) is 18.3 Å². The number of carbonyl (C=O) groups is 1. The fourth-order valence-corrected chi connectivity index (χ4v) is 3.93. The number of hydrogen-bond donors (Lipinski definition) is 1. The number of hydrogen-bond acceptors (Lipinski definition) is 4. The molecule has 6 heteroatoms. The zero-order valence-electron chi connectivity index (χ0n) is 14.2. The summed E-state index contributed by atoms with van der Waals surface area (Å²) >= 11 is 0. The lowest BCUT2D eigenvalue weighted by atomic mass is 10.1. The van der Waals surface area contributed by atoms with Crippen LogP contribution >= 0.6 is 0 Å². The Bertz CT molecular complexity index is 713. The van der Waals surface area contributed by atoms with Gasteiger partial charge < -0.3 is 9.88 Å². The molecule has 1 aliphatic carbocycles. The molecule has 128 valence electrons. The SMILES string of the molecule is Cc1c(C(=O)N2CCCN(C3CCCC3)CC2)c[nH]c(=O)c1C#N. The van der Waals surface area contributed by atoms with E-state index in [1.165, 1.54) is 31.9 Å². The molecular formula is C18H24N4O2. The van der Waals surface area contributed by atoms with E-state index < -0.39 is 5.56 Å². The summed E-state index contributed by atoms with van der Waals surface area (Å²) in [5.41, 5.74) is 0.502. The molecule has 0 atom stereocenters. The highest BCUT2D eigenvalue weighted by molar-refractivity contribution is 5.95. The molecule has 1 saturated heterocycles. The number of nitriles is 1. The molecule has 0 unspecified atom stereocenters. The van der Waals surface area contributed by atoms with Crippen molar-refractivity contribution in [3.63, 3.8) is 0 Å². The van der Waals surface area contributed by atoms with E-state index in [2.05, 4.69) is 9.88 Å². The van der Waals surface area contributed by atoms with Crippen molar-refractivity contribution < 1.29 is 4.79 Å². The Balaban J connectivity index is 1.74. The highest BCUT2D eigenvalue weighted by Gasteiger charge is 2.27. The van der Waals surface area contributed by atoms with Crippen molar-refractivity contribution >= 4 is 5.91 Å². The van der Waals surface area contributed by atoms with E-state index in [0.717, 1.165) is 26.1 Å². The van der Waals surface area contributed by atoms with Gasteiger partial charge in [0.2, 0.25) is 0 Å². The summed E-state index contributed by atoms with van der Waals surface area (Å²) in [6, 6.07) is 2.58. The first-order valence-corrected chi connectivity index (χ1v) is 8.77. The summed E-state index contributed by atoms with van der Waals surface area (Å²) in [6.07, 6.45) is 7.60. The predicted molar refractivity (Wildman–Crippen MR) is 90.9 cm³/mol. The van der Waals surface area contributed by atoms with Crippen LogP contribution in [-0.4, -0.2) is 52.9 Å². The summed E-state index contributed by atoms with van der Waals surface area (Å²) in [5.74, 6) is -0.0893. The van der Waals surface area contributed by atoms with Gasteiger partial charge in [0.05, 0.1) is 5.56 Å². The lowest BCUT2D eigenvalue weighted by molar-refractivity contribution is 0.0757. The Kier molecular flexibility index (Phi) is 5.00. The summed E-state index contributed by atoms with van der Waals surface area (Å²) in [4.78, 5) is 31.4. The minimum atomic E-state index is -0.435. The van der Waals surface area contributed by atoms with Gasteiger partial charge in [0, 0.05) is 38.4 Å². The second-order valence-electron chi connectivity index (χ2n) is 6.76. The van der Waals surface area contributed by atoms with Gasteiger partial charge >= 0.3 is 0 Å². The van der Waals surface area contributed by atoms with Crippen LogP contribution in [0.4, 0.5) is 0 Å². The summed E-state index contributed by atoms with van der Waals surface area (Å²) in [5, 5.41) is 9.12. The van der Waals surface area contributed by atoms with Crippen LogP contribution in [0.2, 0.25) is 0 Å². The third-order valence-corrected chi connectivity index (χ3v) is 5.35. The van der Waals surface area contributed by atoms with Crippen LogP contribution in [0.15, 0.2) is 11.0 Å². The van der Waals surface area contributed by atoms with E-state index >= 15 is 0 Å². The Labute approximate surface area is 142 Å². The van der Waals surface area contributed by atoms with Crippen molar-refractivity contribution in [3.05, 3.63) is 33.2 Å². The van der Waals surface area contributed by atoms with Crippen LogP contribution in [0.5, 0.6) is 0 Å². The molecule has 0 spiro atoms. The smallest absolute Gasteiger partial charge is 0.266 e. The summed E-state index contributed by atoms with van der Waals surface area (Å²) in [6.45, 7) is 5.05. The van der Waals surface area contributed by atoms with Gasteiger partial charge in [0.15, 0.2) is 0 Å². The van der Waals surface area contributed by atoms with E-state index in [1.807, 2.05) is 11.0 Å². The van der Waals surface area contributed by atoms with E-state index in [-0.39, 0.29) is 11.5 Å². The molecule has 0 radical (unpaired) electrons. The van der Waals surface area contributed by atoms with Crippen molar-refractivity contribution in [2.75, 3.05) is 26.2 Å². The zero-order valence-corrected chi connectivity index (χ0v) is 14.2. The third kappa shape index (κ3) is 3.22. The van der Waals surface area contributed by atoms with Crippen molar-refractivity contribution in [3.8, 4) is 6.07 Å². The van der Waals surface area contributed by atoms with Crippen LogP contribution in [0.3, 0.4) is 0 Å². The largest absolute Gasteiger partial charge is 0.337 e. The molecule has 2 fully saturated rings. The Morgan fingerprint density at radius 1 is 1.21 bits per heavy atom. The molecule has 1 aliphatic heterocycles. The van der Waals surface area contributed by atoms with Crippen LogP contribution in [0.25, 0.3) is 0 Å². The third-order valence-electron chi connectivity index (χ3n) is 5.35. The van der Waals surface area contributed by atoms with Gasteiger partial charge in [-0.05, 0) is 31.7 Å². The first-order valence-electron chi connectivity index (χ1n) is 8.77. The Morgan fingerprint density at radius 3 is 2.67 bits per heavy atom. The number of amides is 1. The lowest BCUT2D eigenvalue weighted by Gasteiger charge is -2.27. The summed E-state index contributed by atoms with van der Waals surface area (Å²) in [7, 11) is 0. The Morgan fingerprint density at radius 2 is 1.96 bits per heavy atom. The van der Waals surface area contributed by atoms with Crippen molar-refractivity contribution in [1.82, 2.24) is 14.8 Å². The van der Waals surface area contributed by atoms with Gasteiger partial charge in [0.1, 0.15) is 11.6 Å². The maximum atomic E-state index is 12.9. The lowest BCUT2D eigenvalue weighted by Crippen LogP contribution is -2.38.